The molecule has 0 aliphatic rings. The van der Waals surface area contributed by atoms with Crippen molar-refractivity contribution in [1.29, 1.82) is 0 Å². The van der Waals surface area contributed by atoms with Crippen LogP contribution >= 0.6 is 0 Å². The smallest absolute Gasteiger partial charge is 0.159 e. The second-order valence-electron chi connectivity index (χ2n) is 26.7. The maximum Gasteiger partial charge on any atom is 0.159 e. The lowest BCUT2D eigenvalue weighted by Gasteiger charge is -2.10. The van der Waals surface area contributed by atoms with Gasteiger partial charge in [0, 0.05) is 87.8 Å². The number of benzene rings is 16. The van der Waals surface area contributed by atoms with E-state index in [4.69, 9.17) is 8.83 Å². The van der Waals surface area contributed by atoms with Gasteiger partial charge in [-0.2, -0.15) is 0 Å². The van der Waals surface area contributed by atoms with Gasteiger partial charge in [-0.05, 0) is 172 Å². The van der Waals surface area contributed by atoms with Crippen molar-refractivity contribution < 1.29 is 8.83 Å². The van der Waals surface area contributed by atoms with Crippen LogP contribution in [-0.2, 0) is 0 Å². The Balaban J connectivity index is 0.000000133. The summed E-state index contributed by atoms with van der Waals surface area (Å²) in [6.45, 7) is 0. The molecule has 6 nitrogen and oxygen atoms in total. The lowest BCUT2D eigenvalue weighted by molar-refractivity contribution is 0.666. The van der Waals surface area contributed by atoms with E-state index < -0.39 is 0 Å². The molecule has 6 heteroatoms. The summed E-state index contributed by atoms with van der Waals surface area (Å²) in [6, 6.07) is 131. The van der Waals surface area contributed by atoms with Crippen LogP contribution in [0.1, 0.15) is 0 Å². The zero-order valence-corrected chi connectivity index (χ0v) is 55.2. The fourth-order valence-corrected chi connectivity index (χ4v) is 16.3. The minimum atomic E-state index is 0.899. The van der Waals surface area contributed by atoms with Crippen molar-refractivity contribution in [3.05, 3.63) is 364 Å². The molecule has 6 heterocycles. The third-order valence-corrected chi connectivity index (χ3v) is 21.1. The molecular weight excluding hydrogens is 1240 g/mol. The normalized spacial score (nSPS) is 11.9. The van der Waals surface area contributed by atoms with Gasteiger partial charge in [0.05, 0.1) is 49.8 Å². The van der Waals surface area contributed by atoms with Gasteiger partial charge in [0.15, 0.2) is 5.58 Å². The topological polar surface area (TPSA) is 46.0 Å². The van der Waals surface area contributed by atoms with Crippen LogP contribution < -0.4 is 0 Å². The first-order chi connectivity index (χ1) is 50.6. The molecule has 0 bridgehead atoms. The molecule has 0 radical (unpaired) electrons. The van der Waals surface area contributed by atoms with E-state index in [2.05, 4.69) is 358 Å². The second-order valence-corrected chi connectivity index (χ2v) is 26.7. The van der Waals surface area contributed by atoms with Crippen LogP contribution in [0.3, 0.4) is 0 Å². The predicted octanol–water partition coefficient (Wildman–Crippen LogP) is 26.2. The van der Waals surface area contributed by atoms with Crippen molar-refractivity contribution in [2.24, 2.45) is 0 Å². The molecule has 0 fully saturated rings. The number of fused-ring (bicyclic) bond motifs is 18. The molecular formula is C96H60N4O2. The fourth-order valence-electron chi connectivity index (χ4n) is 16.3. The lowest BCUT2D eigenvalue weighted by atomic mass is 10.0. The molecule has 0 saturated carbocycles. The molecule has 22 aromatic rings. The number of furan rings is 2. The van der Waals surface area contributed by atoms with E-state index >= 15 is 0 Å². The molecule has 0 amide bonds. The number of para-hydroxylation sites is 7. The van der Waals surface area contributed by atoms with Gasteiger partial charge in [-0.15, -0.1) is 0 Å². The Hall–Kier alpha value is -13.7. The number of hydrogen-bond donors (Lipinski definition) is 0. The Morgan fingerprint density at radius 1 is 0.157 bits per heavy atom. The Labute approximate surface area is 585 Å². The molecule has 0 unspecified atom stereocenters. The fraction of sp³-hybridized carbons (Fsp3) is 0. The first kappa shape index (κ1) is 57.4. The van der Waals surface area contributed by atoms with Crippen LogP contribution in [0.5, 0.6) is 0 Å². The van der Waals surface area contributed by atoms with Crippen molar-refractivity contribution >= 4 is 131 Å². The van der Waals surface area contributed by atoms with Crippen LogP contribution in [0.25, 0.3) is 198 Å². The zero-order chi connectivity index (χ0) is 66.9. The molecule has 16 aromatic carbocycles. The summed E-state index contributed by atoms with van der Waals surface area (Å²) in [6.07, 6.45) is 0. The summed E-state index contributed by atoms with van der Waals surface area (Å²) in [5.74, 6) is 0. The summed E-state index contributed by atoms with van der Waals surface area (Å²) in [5.41, 5.74) is 27.2. The van der Waals surface area contributed by atoms with E-state index in [0.717, 1.165) is 77.7 Å². The van der Waals surface area contributed by atoms with Crippen LogP contribution in [0.4, 0.5) is 0 Å². The summed E-state index contributed by atoms with van der Waals surface area (Å²) >= 11 is 0. The van der Waals surface area contributed by atoms with Gasteiger partial charge in [-0.3, -0.25) is 0 Å². The van der Waals surface area contributed by atoms with Crippen molar-refractivity contribution in [3.63, 3.8) is 0 Å². The minimum absolute atomic E-state index is 0.899. The molecule has 0 spiro atoms. The number of rotatable bonds is 8. The minimum Gasteiger partial charge on any atom is -0.456 e. The summed E-state index contributed by atoms with van der Waals surface area (Å²) < 4.78 is 22.3. The summed E-state index contributed by atoms with van der Waals surface area (Å²) in [7, 11) is 0. The number of hydrogen-bond acceptors (Lipinski definition) is 2. The van der Waals surface area contributed by atoms with Gasteiger partial charge in [0.2, 0.25) is 0 Å². The molecule has 0 N–H and O–H groups in total. The van der Waals surface area contributed by atoms with Gasteiger partial charge in [-0.25, -0.2) is 0 Å². The molecule has 22 rings (SSSR count). The average molecular weight is 1300 g/mol. The highest BCUT2D eigenvalue weighted by Crippen LogP contribution is 2.44. The highest BCUT2D eigenvalue weighted by Gasteiger charge is 2.22. The van der Waals surface area contributed by atoms with Gasteiger partial charge in [-0.1, -0.05) is 231 Å². The first-order valence-corrected chi connectivity index (χ1v) is 34.9. The van der Waals surface area contributed by atoms with Crippen molar-refractivity contribution in [1.82, 2.24) is 18.3 Å². The van der Waals surface area contributed by atoms with E-state index in [0.29, 0.717) is 0 Å². The third-order valence-electron chi connectivity index (χ3n) is 21.1. The first-order valence-electron chi connectivity index (χ1n) is 34.9. The number of aromatic nitrogens is 4. The standard InChI is InChI=1S/2C48H30N2O/c1-2-11-31(12-3-1)32-21-25-35(26-22-32)49-42-17-7-4-13-36(42)40-29-33(23-27-44(40)49)34-24-28-45-41(30-34)37-14-5-8-18-43(37)50(45)46-19-10-16-39-38-15-6-9-20-47(38)51-48(39)46;1-2-10-31(11-3-1)32-18-22-35(23-19-32)49-43-15-7-4-12-37(43)41-28-33(20-26-45(41)49)34-21-27-46-42(29-34)38-13-5-8-16-44(38)50(46)36-24-25-40-39-14-6-9-17-47(39)51-48(40)30-36/h2*1-30H. The third kappa shape index (κ3) is 9.06. The second kappa shape index (κ2) is 23.0. The van der Waals surface area contributed by atoms with Gasteiger partial charge < -0.3 is 27.1 Å². The predicted molar refractivity (Wildman–Crippen MR) is 427 cm³/mol. The lowest BCUT2D eigenvalue weighted by Crippen LogP contribution is -1.94. The quantitative estimate of drug-likeness (QED) is 0.152. The molecule has 102 heavy (non-hydrogen) atoms. The Kier molecular flexibility index (Phi) is 12.9. The molecule has 476 valence electrons. The number of nitrogens with zero attached hydrogens (tertiary/aromatic N) is 4. The van der Waals surface area contributed by atoms with Crippen LogP contribution in [0.2, 0.25) is 0 Å². The SMILES string of the molecule is c1ccc(-c2ccc(-n3c4ccccc4c4cc(-c5ccc6c(c5)c5ccccc5n6-c5ccc6c(c5)oc5ccccc56)ccc43)cc2)cc1.c1ccc(-c2ccc(-n3c4ccccc4c4cc(-c5ccc6c(c5)c5ccccc5n6-c5cccc6c5oc5ccccc56)ccc43)cc2)cc1. The highest BCUT2D eigenvalue weighted by molar-refractivity contribution is 6.17. The summed E-state index contributed by atoms with van der Waals surface area (Å²) in [4.78, 5) is 0. The van der Waals surface area contributed by atoms with Crippen molar-refractivity contribution in [2.75, 3.05) is 0 Å². The van der Waals surface area contributed by atoms with Crippen LogP contribution in [0, 0.1) is 0 Å². The van der Waals surface area contributed by atoms with Crippen LogP contribution in [0.15, 0.2) is 373 Å². The molecule has 0 aliphatic heterocycles. The van der Waals surface area contributed by atoms with Crippen molar-refractivity contribution in [2.45, 2.75) is 0 Å². The largest absolute Gasteiger partial charge is 0.456 e. The Morgan fingerprint density at radius 3 is 0.912 bits per heavy atom. The molecule has 0 saturated heterocycles. The van der Waals surface area contributed by atoms with E-state index in [1.54, 1.807) is 0 Å². The molecule has 0 aliphatic carbocycles. The van der Waals surface area contributed by atoms with Gasteiger partial charge in [0.1, 0.15) is 16.7 Å². The van der Waals surface area contributed by atoms with Gasteiger partial charge >= 0.3 is 0 Å². The van der Waals surface area contributed by atoms with E-state index in [-0.39, 0.29) is 0 Å². The van der Waals surface area contributed by atoms with E-state index in [1.807, 2.05) is 24.3 Å². The maximum atomic E-state index is 6.51. The Bertz CT molecular complexity index is 7100. The van der Waals surface area contributed by atoms with Crippen LogP contribution in [-0.4, -0.2) is 18.3 Å². The van der Waals surface area contributed by atoms with E-state index in [1.165, 1.54) is 121 Å². The van der Waals surface area contributed by atoms with Crippen molar-refractivity contribution in [3.8, 4) is 67.3 Å². The zero-order valence-electron chi connectivity index (χ0n) is 55.2. The van der Waals surface area contributed by atoms with Gasteiger partial charge in [0.25, 0.3) is 0 Å². The summed E-state index contributed by atoms with van der Waals surface area (Å²) in [5, 5.41) is 14.4. The van der Waals surface area contributed by atoms with E-state index in [9.17, 15) is 0 Å². The average Bonchev–Trinajstić information content (AvgIpc) is 1.58. The molecule has 0 atom stereocenters. The highest BCUT2D eigenvalue weighted by atomic mass is 16.3. The monoisotopic (exact) mass is 1300 g/mol. The molecule has 6 aromatic heterocycles. The maximum absolute atomic E-state index is 6.51. The Morgan fingerprint density at radius 2 is 0.461 bits per heavy atom.